The van der Waals surface area contributed by atoms with E-state index < -0.39 is 34.3 Å². The number of nitrogens with zero attached hydrogens (tertiary/aromatic N) is 2. The normalized spacial score (nSPS) is 12.9. The van der Waals surface area contributed by atoms with Crippen LogP contribution in [0.4, 0.5) is 10.1 Å². The van der Waals surface area contributed by atoms with Gasteiger partial charge < -0.3 is 10.2 Å². The summed E-state index contributed by atoms with van der Waals surface area (Å²) in [6, 6.07) is 14.9. The van der Waals surface area contributed by atoms with Crippen LogP contribution in [0.3, 0.4) is 0 Å². The molecule has 3 rings (SSSR count). The van der Waals surface area contributed by atoms with E-state index in [1.165, 1.54) is 4.90 Å². The Morgan fingerprint density at radius 1 is 0.927 bits per heavy atom. The Morgan fingerprint density at radius 3 is 2.12 bits per heavy atom. The van der Waals surface area contributed by atoms with Gasteiger partial charge in [0.15, 0.2) is 0 Å². The van der Waals surface area contributed by atoms with Crippen LogP contribution < -0.4 is 9.62 Å². The molecular weight excluding hydrogens is 588 g/mol. The van der Waals surface area contributed by atoms with Gasteiger partial charge in [0.05, 0.1) is 20.6 Å². The summed E-state index contributed by atoms with van der Waals surface area (Å²) in [4.78, 5) is 28.6. The molecule has 41 heavy (non-hydrogen) atoms. The number of amides is 2. The molecular formula is C30H34Cl2FN3O4S. The van der Waals surface area contributed by atoms with Crippen LogP contribution in [-0.2, 0) is 26.2 Å². The predicted molar refractivity (Wildman–Crippen MR) is 161 cm³/mol. The first-order chi connectivity index (χ1) is 19.4. The second kappa shape index (κ2) is 14.2. The van der Waals surface area contributed by atoms with E-state index in [0.717, 1.165) is 34.1 Å². The van der Waals surface area contributed by atoms with Crippen molar-refractivity contribution in [2.75, 3.05) is 10.8 Å². The number of benzene rings is 3. The largest absolute Gasteiger partial charge is 0.352 e. The summed E-state index contributed by atoms with van der Waals surface area (Å²) in [5, 5.41) is 3.55. The molecule has 220 valence electrons. The summed E-state index contributed by atoms with van der Waals surface area (Å²) in [7, 11) is -4.29. The van der Waals surface area contributed by atoms with Gasteiger partial charge >= 0.3 is 0 Å². The molecule has 0 spiro atoms. The lowest BCUT2D eigenvalue weighted by molar-refractivity contribution is -0.140. The monoisotopic (exact) mass is 621 g/mol. The minimum Gasteiger partial charge on any atom is -0.352 e. The first-order valence-corrected chi connectivity index (χ1v) is 15.5. The molecule has 0 aromatic heterocycles. The molecule has 0 aliphatic heterocycles. The van der Waals surface area contributed by atoms with Crippen molar-refractivity contribution < 1.29 is 22.4 Å². The smallest absolute Gasteiger partial charge is 0.264 e. The lowest BCUT2D eigenvalue weighted by Crippen LogP contribution is -2.53. The number of nitrogens with one attached hydrogen (secondary N) is 1. The number of rotatable bonds is 12. The van der Waals surface area contributed by atoms with Gasteiger partial charge in [-0.25, -0.2) is 12.8 Å². The fourth-order valence-corrected chi connectivity index (χ4v) is 5.90. The number of hydrogen-bond acceptors (Lipinski definition) is 4. The summed E-state index contributed by atoms with van der Waals surface area (Å²) >= 11 is 12.3. The zero-order chi connectivity index (χ0) is 30.3. The number of sulfonamides is 1. The van der Waals surface area contributed by atoms with Crippen molar-refractivity contribution in [1.29, 1.82) is 0 Å². The average molecular weight is 623 g/mol. The van der Waals surface area contributed by atoms with E-state index in [1.807, 2.05) is 20.8 Å². The Labute approximate surface area is 251 Å². The van der Waals surface area contributed by atoms with E-state index >= 15 is 0 Å². The van der Waals surface area contributed by atoms with Crippen LogP contribution in [0.25, 0.3) is 0 Å². The SMILES string of the molecule is CC[C@H](C)NC(=O)[C@H](CC)N(Cc1ccc(Cl)c(Cl)c1)C(=O)CN(c1ccc(C)cc1)S(=O)(=O)c1ccc(F)cc1. The van der Waals surface area contributed by atoms with Crippen molar-refractivity contribution in [2.24, 2.45) is 0 Å². The number of halogens is 3. The Bertz CT molecular complexity index is 1470. The standard InChI is InChI=1S/C30H34Cl2FN3O4S/c1-5-21(4)34-30(38)28(6-2)35(18-22-9-16-26(31)27(32)17-22)29(37)19-36(24-12-7-20(3)8-13-24)41(39,40)25-14-10-23(33)11-15-25/h7-17,21,28H,5-6,18-19H2,1-4H3,(H,34,38)/t21-,28-/m0/s1. The van der Waals surface area contributed by atoms with Gasteiger partial charge in [-0.3, -0.25) is 13.9 Å². The van der Waals surface area contributed by atoms with Crippen molar-refractivity contribution in [2.45, 2.75) is 64.1 Å². The van der Waals surface area contributed by atoms with Gasteiger partial charge in [0.1, 0.15) is 18.4 Å². The van der Waals surface area contributed by atoms with Crippen molar-refractivity contribution in [1.82, 2.24) is 10.2 Å². The number of anilines is 1. The van der Waals surface area contributed by atoms with E-state index in [0.29, 0.717) is 17.0 Å². The molecule has 0 heterocycles. The van der Waals surface area contributed by atoms with Crippen molar-refractivity contribution >= 4 is 50.7 Å². The van der Waals surface area contributed by atoms with E-state index in [1.54, 1.807) is 49.4 Å². The fraction of sp³-hybridized carbons (Fsp3) is 0.333. The highest BCUT2D eigenvalue weighted by Crippen LogP contribution is 2.27. The second-order valence-corrected chi connectivity index (χ2v) is 12.5. The minimum absolute atomic E-state index is 0.0134. The average Bonchev–Trinajstić information content (AvgIpc) is 2.94. The molecule has 0 radical (unpaired) electrons. The van der Waals surface area contributed by atoms with Crippen molar-refractivity contribution in [3.63, 3.8) is 0 Å². The lowest BCUT2D eigenvalue weighted by Gasteiger charge is -2.33. The van der Waals surface area contributed by atoms with E-state index in [2.05, 4.69) is 5.32 Å². The zero-order valence-corrected chi connectivity index (χ0v) is 25.7. The maximum absolute atomic E-state index is 14.1. The maximum Gasteiger partial charge on any atom is 0.264 e. The third kappa shape index (κ3) is 8.21. The van der Waals surface area contributed by atoms with Gasteiger partial charge in [0.2, 0.25) is 11.8 Å². The van der Waals surface area contributed by atoms with Crippen LogP contribution in [0.1, 0.15) is 44.7 Å². The molecule has 2 atom stereocenters. The predicted octanol–water partition coefficient (Wildman–Crippen LogP) is 6.36. The van der Waals surface area contributed by atoms with Crippen LogP contribution >= 0.6 is 23.2 Å². The topological polar surface area (TPSA) is 86.8 Å². The van der Waals surface area contributed by atoms with Gasteiger partial charge in [-0.1, -0.05) is 60.8 Å². The molecule has 0 unspecified atom stereocenters. The highest BCUT2D eigenvalue weighted by Gasteiger charge is 2.34. The highest BCUT2D eigenvalue weighted by atomic mass is 35.5. The van der Waals surface area contributed by atoms with Crippen LogP contribution in [0.5, 0.6) is 0 Å². The van der Waals surface area contributed by atoms with Crippen LogP contribution in [0.15, 0.2) is 71.6 Å². The lowest BCUT2D eigenvalue weighted by atomic mass is 10.1. The molecule has 3 aromatic carbocycles. The number of aryl methyl sites for hydroxylation is 1. The van der Waals surface area contributed by atoms with E-state index in [9.17, 15) is 22.4 Å². The number of carbonyl (C=O) groups is 2. The highest BCUT2D eigenvalue weighted by molar-refractivity contribution is 7.92. The molecule has 0 aliphatic rings. The summed E-state index contributed by atoms with van der Waals surface area (Å²) in [6.07, 6.45) is 0.977. The first-order valence-electron chi connectivity index (χ1n) is 13.3. The van der Waals surface area contributed by atoms with Crippen molar-refractivity contribution in [3.8, 4) is 0 Å². The summed E-state index contributed by atoms with van der Waals surface area (Å²) in [6.45, 7) is 6.82. The molecule has 3 aromatic rings. The van der Waals surface area contributed by atoms with Crippen LogP contribution in [-0.4, -0.2) is 43.8 Å². The molecule has 0 fully saturated rings. The minimum atomic E-state index is -4.29. The third-order valence-corrected chi connectivity index (χ3v) is 9.25. The van der Waals surface area contributed by atoms with Gasteiger partial charge in [-0.2, -0.15) is 0 Å². The van der Waals surface area contributed by atoms with Crippen molar-refractivity contribution in [3.05, 3.63) is 93.7 Å². The van der Waals surface area contributed by atoms with E-state index in [-0.39, 0.29) is 40.5 Å². The maximum atomic E-state index is 14.1. The molecule has 0 saturated heterocycles. The third-order valence-electron chi connectivity index (χ3n) is 6.73. The Kier molecular flexibility index (Phi) is 11.2. The first kappa shape index (κ1) is 32.4. The van der Waals surface area contributed by atoms with Gasteiger partial charge in [0.25, 0.3) is 10.0 Å². The fourth-order valence-electron chi connectivity index (χ4n) is 4.17. The van der Waals surface area contributed by atoms with E-state index in [4.69, 9.17) is 23.2 Å². The molecule has 2 amide bonds. The number of carbonyl (C=O) groups excluding carboxylic acids is 2. The second-order valence-electron chi connectivity index (χ2n) is 9.81. The molecule has 7 nitrogen and oxygen atoms in total. The molecule has 1 N–H and O–H groups in total. The van der Waals surface area contributed by atoms with Crippen LogP contribution in [0.2, 0.25) is 10.0 Å². The molecule has 0 saturated carbocycles. The molecule has 11 heteroatoms. The summed E-state index contributed by atoms with van der Waals surface area (Å²) < 4.78 is 42.2. The van der Waals surface area contributed by atoms with Gasteiger partial charge in [-0.05, 0) is 80.8 Å². The summed E-state index contributed by atoms with van der Waals surface area (Å²) in [5.41, 5.74) is 1.76. The Morgan fingerprint density at radius 2 is 1.56 bits per heavy atom. The van der Waals surface area contributed by atoms with Gasteiger partial charge in [0, 0.05) is 12.6 Å². The zero-order valence-electron chi connectivity index (χ0n) is 23.4. The molecule has 0 aliphatic carbocycles. The number of hydrogen-bond donors (Lipinski definition) is 1. The summed E-state index contributed by atoms with van der Waals surface area (Å²) in [5.74, 6) is -1.54. The van der Waals surface area contributed by atoms with Crippen LogP contribution in [0, 0.1) is 12.7 Å². The Balaban J connectivity index is 2.07. The quantitative estimate of drug-likeness (QED) is 0.255. The van der Waals surface area contributed by atoms with Gasteiger partial charge in [-0.15, -0.1) is 0 Å². The molecule has 0 bridgehead atoms. The Hall–Kier alpha value is -3.14.